The Morgan fingerprint density at radius 1 is 1.35 bits per heavy atom. The molecule has 2 rings (SSSR count). The van der Waals surface area contributed by atoms with Crippen molar-refractivity contribution < 1.29 is 19.2 Å². The third kappa shape index (κ3) is 6.32. The summed E-state index contributed by atoms with van der Waals surface area (Å²) in [5.74, 6) is 0.278. The number of carbonyl (C=O) groups excluding carboxylic acids is 2. The van der Waals surface area contributed by atoms with Crippen molar-refractivity contribution in [3.63, 3.8) is 0 Å². The molecule has 0 atom stereocenters. The molecule has 0 radical (unpaired) electrons. The molecule has 1 amide bonds. The molecule has 2 aromatic rings. The van der Waals surface area contributed by atoms with Crippen molar-refractivity contribution >= 4 is 52.3 Å². The van der Waals surface area contributed by atoms with Gasteiger partial charge in [-0.3, -0.25) is 14.9 Å². The summed E-state index contributed by atoms with van der Waals surface area (Å²) in [4.78, 5) is 35.0. The number of rotatable bonds is 9. The van der Waals surface area contributed by atoms with Crippen LogP contribution in [0.1, 0.15) is 15.2 Å². The molecule has 0 saturated heterocycles. The van der Waals surface area contributed by atoms with E-state index in [0.717, 1.165) is 17.6 Å². The molecule has 1 heterocycles. The molecule has 1 N–H and O–H groups in total. The van der Waals surface area contributed by atoms with Crippen LogP contribution in [0.2, 0.25) is 5.02 Å². The second-order valence-corrected chi connectivity index (χ2v) is 7.52. The lowest BCUT2D eigenvalue weighted by molar-refractivity contribution is -0.384. The lowest BCUT2D eigenvalue weighted by Gasteiger charge is -2.07. The topological polar surface area (TPSA) is 98.5 Å². The van der Waals surface area contributed by atoms with Crippen LogP contribution in [0.5, 0.6) is 0 Å². The molecule has 10 heteroatoms. The molecular weight excluding hydrogens is 400 g/mol. The minimum Gasteiger partial charge on any atom is -0.452 e. The highest BCUT2D eigenvalue weighted by molar-refractivity contribution is 7.98. The Labute approximate surface area is 162 Å². The van der Waals surface area contributed by atoms with Crippen LogP contribution in [0.4, 0.5) is 5.69 Å². The number of ether oxygens (including phenoxy) is 1. The van der Waals surface area contributed by atoms with E-state index in [1.807, 2.05) is 11.4 Å². The lowest BCUT2D eigenvalue weighted by atomic mass is 10.2. The molecule has 7 nitrogen and oxygen atoms in total. The summed E-state index contributed by atoms with van der Waals surface area (Å²) in [5, 5.41) is 15.4. The van der Waals surface area contributed by atoms with Crippen LogP contribution >= 0.6 is 34.7 Å². The lowest BCUT2D eigenvalue weighted by Crippen LogP contribution is -2.30. The van der Waals surface area contributed by atoms with Crippen molar-refractivity contribution in [2.45, 2.75) is 5.75 Å². The largest absolute Gasteiger partial charge is 0.452 e. The van der Waals surface area contributed by atoms with Crippen LogP contribution < -0.4 is 5.32 Å². The number of thioether (sulfide) groups is 1. The third-order valence-electron chi connectivity index (χ3n) is 3.11. The highest BCUT2D eigenvalue weighted by Gasteiger charge is 2.18. The first-order valence-electron chi connectivity index (χ1n) is 7.45. The highest BCUT2D eigenvalue weighted by Crippen LogP contribution is 2.22. The van der Waals surface area contributed by atoms with Gasteiger partial charge in [-0.2, -0.15) is 11.8 Å². The first kappa shape index (κ1) is 20.2. The molecule has 0 bridgehead atoms. The molecule has 0 unspecified atom stereocenters. The smallest absolute Gasteiger partial charge is 0.340 e. The Balaban J connectivity index is 1.70. The van der Waals surface area contributed by atoms with Crippen LogP contribution in [0, 0.1) is 10.1 Å². The maximum absolute atomic E-state index is 11.9. The summed E-state index contributed by atoms with van der Waals surface area (Å²) in [7, 11) is 0. The highest BCUT2D eigenvalue weighted by atomic mass is 35.5. The van der Waals surface area contributed by atoms with Crippen molar-refractivity contribution in [3.8, 4) is 0 Å². The van der Waals surface area contributed by atoms with Gasteiger partial charge in [-0.15, -0.1) is 11.3 Å². The second-order valence-electron chi connectivity index (χ2n) is 4.98. The minimum absolute atomic E-state index is 0.0194. The predicted molar refractivity (Wildman–Crippen MR) is 102 cm³/mol. The minimum atomic E-state index is -0.888. The van der Waals surface area contributed by atoms with Crippen LogP contribution in [0.15, 0.2) is 35.7 Å². The van der Waals surface area contributed by atoms with Gasteiger partial charge in [0.05, 0.1) is 15.5 Å². The molecule has 138 valence electrons. The van der Waals surface area contributed by atoms with E-state index in [1.165, 1.54) is 17.0 Å². The van der Waals surface area contributed by atoms with Gasteiger partial charge in [0, 0.05) is 35.1 Å². The number of carbonyl (C=O) groups is 2. The van der Waals surface area contributed by atoms with Crippen LogP contribution in [-0.2, 0) is 15.3 Å². The van der Waals surface area contributed by atoms with Gasteiger partial charge in [0.2, 0.25) is 0 Å². The number of nitrogens with zero attached hydrogens (tertiary/aromatic N) is 1. The second kappa shape index (κ2) is 10.1. The monoisotopic (exact) mass is 414 g/mol. The third-order valence-corrected chi connectivity index (χ3v) is 5.50. The van der Waals surface area contributed by atoms with E-state index in [-0.39, 0.29) is 16.3 Å². The van der Waals surface area contributed by atoms with Gasteiger partial charge in [0.25, 0.3) is 11.6 Å². The van der Waals surface area contributed by atoms with Crippen LogP contribution in [0.25, 0.3) is 0 Å². The molecule has 0 saturated carbocycles. The number of nitrogens with one attached hydrogen (secondary N) is 1. The molecule has 1 aromatic carbocycles. The Hall–Kier alpha value is -2.10. The van der Waals surface area contributed by atoms with Crippen molar-refractivity contribution in [2.24, 2.45) is 0 Å². The van der Waals surface area contributed by atoms with Crippen molar-refractivity contribution in [2.75, 3.05) is 18.9 Å². The predicted octanol–water partition coefficient (Wildman–Crippen LogP) is 3.52. The van der Waals surface area contributed by atoms with Crippen LogP contribution in [-0.4, -0.2) is 35.7 Å². The summed E-state index contributed by atoms with van der Waals surface area (Å²) < 4.78 is 4.86. The van der Waals surface area contributed by atoms with Gasteiger partial charge in [-0.1, -0.05) is 17.7 Å². The van der Waals surface area contributed by atoms with Crippen molar-refractivity contribution in [1.29, 1.82) is 0 Å². The van der Waals surface area contributed by atoms with Crippen molar-refractivity contribution in [1.82, 2.24) is 5.32 Å². The standard InChI is InChI=1S/C16H15ClN2O5S2/c17-14-4-3-11(19(22)23)8-13(14)16(21)24-9-15(20)18-5-7-25-10-12-2-1-6-26-12/h1-4,6,8H,5,7,9-10H2,(H,18,20). The summed E-state index contributed by atoms with van der Waals surface area (Å²) in [6.45, 7) is -0.0303. The fourth-order valence-corrected chi connectivity index (χ4v) is 3.77. The van der Waals surface area contributed by atoms with E-state index in [9.17, 15) is 19.7 Å². The molecule has 0 spiro atoms. The zero-order chi connectivity index (χ0) is 18.9. The molecular formula is C16H15ClN2O5S2. The van der Waals surface area contributed by atoms with Gasteiger partial charge >= 0.3 is 5.97 Å². The number of halogens is 1. The number of amides is 1. The molecule has 0 aliphatic carbocycles. The Morgan fingerprint density at radius 2 is 2.15 bits per heavy atom. The fraction of sp³-hybridized carbons (Fsp3) is 0.250. The zero-order valence-corrected chi connectivity index (χ0v) is 15.9. The number of esters is 1. The van der Waals surface area contributed by atoms with E-state index in [4.69, 9.17) is 16.3 Å². The maximum atomic E-state index is 11.9. The number of nitro benzene ring substituents is 1. The quantitative estimate of drug-likeness (QED) is 0.292. The zero-order valence-electron chi connectivity index (χ0n) is 13.5. The number of benzene rings is 1. The van der Waals surface area contributed by atoms with Gasteiger partial charge in [-0.05, 0) is 17.5 Å². The number of hydrogen-bond donors (Lipinski definition) is 1. The average Bonchev–Trinajstić information content (AvgIpc) is 3.13. The summed E-state index contributed by atoms with van der Waals surface area (Å²) >= 11 is 9.21. The summed E-state index contributed by atoms with van der Waals surface area (Å²) in [5.41, 5.74) is -0.436. The molecule has 1 aromatic heterocycles. The maximum Gasteiger partial charge on any atom is 0.340 e. The number of nitro groups is 1. The van der Waals surface area contributed by atoms with E-state index >= 15 is 0 Å². The normalized spacial score (nSPS) is 10.3. The molecule has 26 heavy (non-hydrogen) atoms. The van der Waals surface area contributed by atoms with E-state index < -0.39 is 23.4 Å². The van der Waals surface area contributed by atoms with Gasteiger partial charge < -0.3 is 10.1 Å². The van der Waals surface area contributed by atoms with E-state index in [1.54, 1.807) is 23.1 Å². The Morgan fingerprint density at radius 3 is 2.85 bits per heavy atom. The summed E-state index contributed by atoms with van der Waals surface area (Å²) in [6, 6.07) is 7.48. The first-order valence-corrected chi connectivity index (χ1v) is 9.86. The van der Waals surface area contributed by atoms with Crippen molar-refractivity contribution in [3.05, 3.63) is 61.3 Å². The number of hydrogen-bond acceptors (Lipinski definition) is 7. The number of thiophene rings is 1. The Kier molecular flexibility index (Phi) is 7.89. The van der Waals surface area contributed by atoms with Gasteiger partial charge in [-0.25, -0.2) is 4.79 Å². The number of non-ortho nitro benzene ring substituents is 1. The summed E-state index contributed by atoms with van der Waals surface area (Å²) in [6.07, 6.45) is 0. The molecule has 0 fully saturated rings. The van der Waals surface area contributed by atoms with Gasteiger partial charge in [0.15, 0.2) is 6.61 Å². The van der Waals surface area contributed by atoms with E-state index in [0.29, 0.717) is 6.54 Å². The SMILES string of the molecule is O=C(COC(=O)c1cc([N+](=O)[O-])ccc1Cl)NCCSCc1cccs1. The first-order chi connectivity index (χ1) is 12.5. The average molecular weight is 415 g/mol. The fourth-order valence-electron chi connectivity index (χ4n) is 1.87. The molecule has 0 aliphatic heterocycles. The van der Waals surface area contributed by atoms with Gasteiger partial charge in [0.1, 0.15) is 0 Å². The van der Waals surface area contributed by atoms with Crippen LogP contribution in [0.3, 0.4) is 0 Å². The van der Waals surface area contributed by atoms with E-state index in [2.05, 4.69) is 11.4 Å². The molecule has 0 aliphatic rings. The Bertz CT molecular complexity index is 783.